The monoisotopic (exact) mass is 258 g/mol. The van der Waals surface area contributed by atoms with Crippen LogP contribution in [0.4, 0.5) is 0 Å². The smallest absolute Gasteiger partial charge is 0.237 e. The summed E-state index contributed by atoms with van der Waals surface area (Å²) in [6.07, 6.45) is 3.16. The minimum absolute atomic E-state index is 0.0827. The van der Waals surface area contributed by atoms with Crippen molar-refractivity contribution in [3.63, 3.8) is 0 Å². The van der Waals surface area contributed by atoms with Crippen LogP contribution in [0.15, 0.2) is 0 Å². The van der Waals surface area contributed by atoms with E-state index >= 15 is 0 Å². The molecule has 106 valence electrons. The van der Waals surface area contributed by atoms with Gasteiger partial charge in [-0.1, -0.05) is 0 Å². The Bertz CT molecular complexity index is 246. The molecule has 2 N–H and O–H groups in total. The first-order valence-electron chi connectivity index (χ1n) is 6.79. The van der Waals surface area contributed by atoms with Crippen LogP contribution in [-0.4, -0.2) is 51.0 Å². The van der Waals surface area contributed by atoms with Crippen molar-refractivity contribution >= 4 is 5.91 Å². The molecule has 0 bridgehead atoms. The molecule has 18 heavy (non-hydrogen) atoms. The van der Waals surface area contributed by atoms with Crippen molar-refractivity contribution in [2.45, 2.75) is 51.4 Å². The minimum atomic E-state index is -0.0955. The molecular weight excluding hydrogens is 232 g/mol. The molecule has 0 spiro atoms. The third kappa shape index (κ3) is 5.80. The molecule has 0 aromatic rings. The van der Waals surface area contributed by atoms with Gasteiger partial charge in [0, 0.05) is 26.8 Å². The van der Waals surface area contributed by atoms with E-state index in [1.54, 1.807) is 7.11 Å². The molecule has 0 aromatic heterocycles. The summed E-state index contributed by atoms with van der Waals surface area (Å²) in [5.41, 5.74) is 0. The van der Waals surface area contributed by atoms with Gasteiger partial charge in [0.25, 0.3) is 0 Å². The minimum Gasteiger partial charge on any atom is -0.380 e. The second-order valence-corrected chi connectivity index (χ2v) is 4.97. The number of carbonyl (C=O) groups is 1. The van der Waals surface area contributed by atoms with Crippen LogP contribution in [0.3, 0.4) is 0 Å². The summed E-state index contributed by atoms with van der Waals surface area (Å²) in [4.78, 5) is 11.8. The SMILES string of the molecule is COC1CNC(C(=O)NCCCCOC(C)C)C1. The number of unbranched alkanes of at least 4 members (excludes halogenated alkanes) is 1. The predicted molar refractivity (Wildman–Crippen MR) is 70.5 cm³/mol. The second-order valence-electron chi connectivity index (χ2n) is 4.97. The lowest BCUT2D eigenvalue weighted by Gasteiger charge is -2.11. The lowest BCUT2D eigenvalue weighted by molar-refractivity contribution is -0.123. The van der Waals surface area contributed by atoms with Crippen molar-refractivity contribution in [1.29, 1.82) is 0 Å². The van der Waals surface area contributed by atoms with Crippen LogP contribution in [-0.2, 0) is 14.3 Å². The van der Waals surface area contributed by atoms with Crippen molar-refractivity contribution < 1.29 is 14.3 Å². The Morgan fingerprint density at radius 2 is 2.22 bits per heavy atom. The number of ether oxygens (including phenoxy) is 2. The quantitative estimate of drug-likeness (QED) is 0.629. The summed E-state index contributed by atoms with van der Waals surface area (Å²) in [6.45, 7) is 6.30. The third-order valence-electron chi connectivity index (χ3n) is 3.06. The fraction of sp³-hybridized carbons (Fsp3) is 0.923. The fourth-order valence-corrected chi connectivity index (χ4v) is 1.96. The number of hydrogen-bond acceptors (Lipinski definition) is 4. The molecule has 1 fully saturated rings. The van der Waals surface area contributed by atoms with Gasteiger partial charge in [0.05, 0.1) is 18.2 Å². The van der Waals surface area contributed by atoms with Crippen molar-refractivity contribution in [2.75, 3.05) is 26.8 Å². The van der Waals surface area contributed by atoms with Gasteiger partial charge in [0.1, 0.15) is 0 Å². The Balaban J connectivity index is 2.00. The zero-order chi connectivity index (χ0) is 13.4. The molecule has 1 heterocycles. The number of carbonyl (C=O) groups excluding carboxylic acids is 1. The summed E-state index contributed by atoms with van der Waals surface area (Å²) >= 11 is 0. The normalized spacial score (nSPS) is 23.6. The molecular formula is C13H26N2O3. The summed E-state index contributed by atoms with van der Waals surface area (Å²) in [7, 11) is 1.68. The molecule has 1 amide bonds. The first-order valence-corrected chi connectivity index (χ1v) is 6.79. The van der Waals surface area contributed by atoms with Gasteiger partial charge in [0.2, 0.25) is 5.91 Å². The third-order valence-corrected chi connectivity index (χ3v) is 3.06. The lowest BCUT2D eigenvalue weighted by atomic mass is 10.2. The number of methoxy groups -OCH3 is 1. The van der Waals surface area contributed by atoms with Gasteiger partial charge in [-0.25, -0.2) is 0 Å². The molecule has 0 radical (unpaired) electrons. The summed E-state index contributed by atoms with van der Waals surface area (Å²) < 4.78 is 10.6. The number of rotatable bonds is 8. The van der Waals surface area contributed by atoms with E-state index in [4.69, 9.17) is 9.47 Å². The van der Waals surface area contributed by atoms with Crippen LogP contribution in [0.2, 0.25) is 0 Å². The standard InChI is InChI=1S/C13H26N2O3/c1-10(2)18-7-5-4-6-14-13(16)12-8-11(17-3)9-15-12/h10-12,15H,4-9H2,1-3H3,(H,14,16). The Morgan fingerprint density at radius 1 is 1.44 bits per heavy atom. The fourth-order valence-electron chi connectivity index (χ4n) is 1.96. The van der Waals surface area contributed by atoms with E-state index in [2.05, 4.69) is 10.6 Å². The van der Waals surface area contributed by atoms with Crippen LogP contribution in [0.5, 0.6) is 0 Å². The molecule has 0 saturated carbocycles. The van der Waals surface area contributed by atoms with Crippen molar-refractivity contribution in [3.05, 3.63) is 0 Å². The van der Waals surface area contributed by atoms with Gasteiger partial charge in [-0.3, -0.25) is 4.79 Å². The molecule has 1 aliphatic heterocycles. The summed E-state index contributed by atoms with van der Waals surface area (Å²) in [5, 5.41) is 6.11. The molecule has 5 heteroatoms. The van der Waals surface area contributed by atoms with Gasteiger partial charge in [-0.05, 0) is 33.1 Å². The van der Waals surface area contributed by atoms with E-state index in [0.717, 1.165) is 39.0 Å². The Hall–Kier alpha value is -0.650. The Labute approximate surface area is 110 Å². The molecule has 0 aliphatic carbocycles. The Kier molecular flexibility index (Phi) is 7.23. The topological polar surface area (TPSA) is 59.6 Å². The van der Waals surface area contributed by atoms with Crippen LogP contribution in [0, 0.1) is 0 Å². The van der Waals surface area contributed by atoms with Crippen molar-refractivity contribution in [2.24, 2.45) is 0 Å². The van der Waals surface area contributed by atoms with Gasteiger partial charge in [-0.2, -0.15) is 0 Å². The average Bonchev–Trinajstić information content (AvgIpc) is 2.81. The Morgan fingerprint density at radius 3 is 2.83 bits per heavy atom. The van der Waals surface area contributed by atoms with Crippen molar-refractivity contribution in [3.8, 4) is 0 Å². The van der Waals surface area contributed by atoms with Gasteiger partial charge in [-0.15, -0.1) is 0 Å². The highest BCUT2D eigenvalue weighted by atomic mass is 16.5. The molecule has 5 nitrogen and oxygen atoms in total. The number of hydrogen-bond donors (Lipinski definition) is 2. The van der Waals surface area contributed by atoms with Crippen molar-refractivity contribution in [1.82, 2.24) is 10.6 Å². The maximum absolute atomic E-state index is 11.8. The highest BCUT2D eigenvalue weighted by Gasteiger charge is 2.28. The summed E-state index contributed by atoms with van der Waals surface area (Å²) in [6, 6.07) is -0.0955. The molecule has 2 unspecified atom stereocenters. The lowest BCUT2D eigenvalue weighted by Crippen LogP contribution is -2.40. The molecule has 1 saturated heterocycles. The van der Waals surface area contributed by atoms with E-state index in [1.807, 2.05) is 13.8 Å². The largest absolute Gasteiger partial charge is 0.380 e. The maximum atomic E-state index is 11.8. The molecule has 1 rings (SSSR count). The highest BCUT2D eigenvalue weighted by molar-refractivity contribution is 5.82. The predicted octanol–water partition coefficient (Wildman–Crippen LogP) is 0.685. The van der Waals surface area contributed by atoms with Crippen LogP contribution in [0.1, 0.15) is 33.1 Å². The van der Waals surface area contributed by atoms with E-state index in [-0.39, 0.29) is 24.2 Å². The molecule has 0 aromatic carbocycles. The zero-order valence-corrected chi connectivity index (χ0v) is 11.7. The van der Waals surface area contributed by atoms with Gasteiger partial charge in [0.15, 0.2) is 0 Å². The first-order chi connectivity index (χ1) is 8.63. The van der Waals surface area contributed by atoms with Gasteiger partial charge >= 0.3 is 0 Å². The van der Waals surface area contributed by atoms with Crippen LogP contribution >= 0.6 is 0 Å². The van der Waals surface area contributed by atoms with Gasteiger partial charge < -0.3 is 20.1 Å². The molecule has 2 atom stereocenters. The van der Waals surface area contributed by atoms with Crippen LogP contribution < -0.4 is 10.6 Å². The average molecular weight is 258 g/mol. The zero-order valence-electron chi connectivity index (χ0n) is 11.7. The van der Waals surface area contributed by atoms with E-state index in [1.165, 1.54) is 0 Å². The highest BCUT2D eigenvalue weighted by Crippen LogP contribution is 2.09. The molecule has 1 aliphatic rings. The van der Waals surface area contributed by atoms with E-state index in [9.17, 15) is 4.79 Å². The first kappa shape index (κ1) is 15.4. The second kappa shape index (κ2) is 8.45. The number of nitrogens with one attached hydrogen (secondary N) is 2. The maximum Gasteiger partial charge on any atom is 0.237 e. The van der Waals surface area contributed by atoms with Crippen LogP contribution in [0.25, 0.3) is 0 Å². The summed E-state index contributed by atoms with van der Waals surface area (Å²) in [5.74, 6) is 0.0827. The van der Waals surface area contributed by atoms with E-state index in [0.29, 0.717) is 0 Å². The van der Waals surface area contributed by atoms with E-state index < -0.39 is 0 Å². The number of amides is 1.